The van der Waals surface area contributed by atoms with Crippen LogP contribution in [0.2, 0.25) is 0 Å². The Morgan fingerprint density at radius 2 is 2.18 bits per heavy atom. The average Bonchev–Trinajstić information content (AvgIpc) is 2.65. The van der Waals surface area contributed by atoms with E-state index in [-0.39, 0.29) is 42.8 Å². The number of hydrogen-bond donors (Lipinski definition) is 2. The maximum Gasteiger partial charge on any atom is 0.411 e. The van der Waals surface area contributed by atoms with Gasteiger partial charge in [0.05, 0.1) is 24.5 Å². The third-order valence-electron chi connectivity index (χ3n) is 3.72. The molecule has 2 rings (SSSR count). The molecule has 3 amide bonds. The first kappa shape index (κ1) is 20.8. The van der Waals surface area contributed by atoms with Gasteiger partial charge in [0.2, 0.25) is 5.91 Å². The van der Waals surface area contributed by atoms with E-state index in [1.807, 2.05) is 0 Å². The second kappa shape index (κ2) is 9.41. The van der Waals surface area contributed by atoms with Gasteiger partial charge in [-0.15, -0.1) is 6.42 Å². The highest BCUT2D eigenvalue weighted by molar-refractivity contribution is 6.02. The molecule has 1 heterocycles. The zero-order valence-electron chi connectivity index (χ0n) is 15.5. The van der Waals surface area contributed by atoms with E-state index in [1.165, 1.54) is 11.0 Å². The summed E-state index contributed by atoms with van der Waals surface area (Å²) in [6.45, 7) is 3.30. The van der Waals surface area contributed by atoms with Crippen LogP contribution in [0.25, 0.3) is 0 Å². The van der Waals surface area contributed by atoms with Gasteiger partial charge in [0, 0.05) is 17.8 Å². The van der Waals surface area contributed by atoms with Gasteiger partial charge in [-0.25, -0.2) is 9.18 Å². The molecule has 0 radical (unpaired) electrons. The van der Waals surface area contributed by atoms with Gasteiger partial charge in [0.25, 0.3) is 5.91 Å². The molecular weight excluding hydrogens is 369 g/mol. The Morgan fingerprint density at radius 1 is 1.43 bits per heavy atom. The first-order chi connectivity index (χ1) is 13.4. The molecular formula is C19H20FN3O5. The molecule has 0 fully saturated rings. The summed E-state index contributed by atoms with van der Waals surface area (Å²) >= 11 is 0. The zero-order valence-corrected chi connectivity index (χ0v) is 15.5. The second-order valence-corrected chi connectivity index (χ2v) is 5.63. The van der Waals surface area contributed by atoms with Crippen molar-refractivity contribution in [3.05, 3.63) is 29.7 Å². The molecule has 0 saturated heterocycles. The van der Waals surface area contributed by atoms with Crippen LogP contribution in [-0.4, -0.2) is 37.7 Å². The maximum absolute atomic E-state index is 14.3. The third-order valence-corrected chi connectivity index (χ3v) is 3.72. The number of hydrogen-bond acceptors (Lipinski definition) is 5. The predicted molar refractivity (Wildman–Crippen MR) is 100 cm³/mol. The Balaban J connectivity index is 2.23. The average molecular weight is 389 g/mol. The number of nitrogens with zero attached hydrogens (tertiary/aromatic N) is 1. The van der Waals surface area contributed by atoms with Crippen molar-refractivity contribution in [2.24, 2.45) is 0 Å². The minimum absolute atomic E-state index is 0.0163. The number of carbonyl (C=O) groups excluding carboxylic acids is 3. The summed E-state index contributed by atoms with van der Waals surface area (Å²) in [5, 5.41) is 4.81. The standard InChI is InChI=1S/C19H20FN3O5/c1-4-7-23-15-10-14(13(20)9-16(15)28-11-18(23)25)22-17(24)8-12(5-2)21-19(26)27-6-3/h1,8-10H,5-7,11H2,2-3H3,(H,21,26)(H,22,24). The van der Waals surface area contributed by atoms with E-state index in [0.717, 1.165) is 12.1 Å². The van der Waals surface area contributed by atoms with Gasteiger partial charge in [0.15, 0.2) is 12.4 Å². The van der Waals surface area contributed by atoms with Crippen LogP contribution in [0, 0.1) is 18.2 Å². The molecule has 0 aromatic heterocycles. The number of fused-ring (bicyclic) bond motifs is 1. The maximum atomic E-state index is 14.3. The second-order valence-electron chi connectivity index (χ2n) is 5.63. The number of halogens is 1. The van der Waals surface area contributed by atoms with Gasteiger partial charge in [-0.2, -0.15) is 0 Å². The largest absolute Gasteiger partial charge is 0.481 e. The smallest absolute Gasteiger partial charge is 0.411 e. The molecule has 28 heavy (non-hydrogen) atoms. The summed E-state index contributed by atoms with van der Waals surface area (Å²) in [7, 11) is 0. The fourth-order valence-electron chi connectivity index (χ4n) is 2.43. The predicted octanol–water partition coefficient (Wildman–Crippen LogP) is 2.16. The van der Waals surface area contributed by atoms with Gasteiger partial charge in [-0.05, 0) is 19.4 Å². The minimum atomic E-state index is -0.744. The number of ether oxygens (including phenoxy) is 2. The number of terminal acetylenes is 1. The van der Waals surface area contributed by atoms with E-state index in [0.29, 0.717) is 12.1 Å². The van der Waals surface area contributed by atoms with Crippen molar-refractivity contribution in [1.82, 2.24) is 5.32 Å². The van der Waals surface area contributed by atoms with Crippen LogP contribution in [0.15, 0.2) is 23.9 Å². The summed E-state index contributed by atoms with van der Waals surface area (Å²) in [5.74, 6) is 0.720. The van der Waals surface area contributed by atoms with Gasteiger partial charge in [-0.1, -0.05) is 12.8 Å². The van der Waals surface area contributed by atoms with Crippen LogP contribution in [0.3, 0.4) is 0 Å². The van der Waals surface area contributed by atoms with Gasteiger partial charge >= 0.3 is 6.09 Å². The lowest BCUT2D eigenvalue weighted by Crippen LogP contribution is -2.39. The Bertz CT molecular complexity index is 860. The number of anilines is 2. The molecule has 1 aromatic rings. The van der Waals surface area contributed by atoms with Crippen molar-refractivity contribution in [2.45, 2.75) is 20.3 Å². The Labute approximate surface area is 161 Å². The Hall–Kier alpha value is -3.54. The number of benzene rings is 1. The molecule has 0 bridgehead atoms. The number of nitrogens with one attached hydrogen (secondary N) is 2. The molecule has 8 nitrogen and oxygen atoms in total. The van der Waals surface area contributed by atoms with Crippen molar-refractivity contribution >= 4 is 29.3 Å². The van der Waals surface area contributed by atoms with Gasteiger partial charge in [0.1, 0.15) is 5.75 Å². The summed E-state index contributed by atoms with van der Waals surface area (Å²) < 4.78 is 24.3. The lowest BCUT2D eigenvalue weighted by molar-refractivity contribution is -0.121. The summed E-state index contributed by atoms with van der Waals surface area (Å²) in [6, 6.07) is 2.34. The highest BCUT2D eigenvalue weighted by Crippen LogP contribution is 2.36. The van der Waals surface area contributed by atoms with Crippen LogP contribution < -0.4 is 20.3 Å². The summed E-state index contributed by atoms with van der Waals surface area (Å²) in [4.78, 5) is 36.9. The van der Waals surface area contributed by atoms with Crippen LogP contribution in [0.4, 0.5) is 20.6 Å². The molecule has 0 saturated carbocycles. The monoisotopic (exact) mass is 389 g/mol. The number of rotatable bonds is 6. The molecule has 9 heteroatoms. The Morgan fingerprint density at radius 3 is 2.82 bits per heavy atom. The minimum Gasteiger partial charge on any atom is -0.481 e. The number of carbonyl (C=O) groups is 3. The van der Waals surface area contributed by atoms with Crippen molar-refractivity contribution < 1.29 is 28.2 Å². The molecule has 1 aromatic carbocycles. The SMILES string of the molecule is C#CCN1C(=O)COc2cc(F)c(NC(=O)C=C(CC)NC(=O)OCC)cc21. The van der Waals surface area contributed by atoms with Crippen molar-refractivity contribution in [3.63, 3.8) is 0 Å². The third kappa shape index (κ3) is 5.01. The van der Waals surface area contributed by atoms with Gasteiger partial charge < -0.3 is 14.8 Å². The summed E-state index contributed by atoms with van der Waals surface area (Å²) in [5.41, 5.74) is 0.393. The molecule has 0 unspecified atom stereocenters. The molecule has 0 spiro atoms. The lowest BCUT2D eigenvalue weighted by atomic mass is 10.2. The number of alkyl carbamates (subject to hydrolysis) is 1. The Kier molecular flexibility index (Phi) is 6.98. The van der Waals surface area contributed by atoms with E-state index in [4.69, 9.17) is 15.9 Å². The molecule has 0 atom stereocenters. The van der Waals surface area contributed by atoms with Crippen LogP contribution in [0.1, 0.15) is 20.3 Å². The normalized spacial score (nSPS) is 13.1. The van der Waals surface area contributed by atoms with Gasteiger partial charge in [-0.3, -0.25) is 19.8 Å². The van der Waals surface area contributed by atoms with E-state index in [2.05, 4.69) is 16.6 Å². The number of allylic oxidation sites excluding steroid dienone is 1. The lowest BCUT2D eigenvalue weighted by Gasteiger charge is -2.28. The highest BCUT2D eigenvalue weighted by atomic mass is 19.1. The van der Waals surface area contributed by atoms with Crippen LogP contribution in [0.5, 0.6) is 5.75 Å². The van der Waals surface area contributed by atoms with Crippen molar-refractivity contribution in [2.75, 3.05) is 30.0 Å². The molecule has 1 aliphatic rings. The summed E-state index contributed by atoms with van der Waals surface area (Å²) in [6.07, 6.45) is 6.05. The van der Waals surface area contributed by atoms with E-state index in [1.54, 1.807) is 13.8 Å². The van der Waals surface area contributed by atoms with E-state index in [9.17, 15) is 18.8 Å². The van der Waals surface area contributed by atoms with Crippen molar-refractivity contribution in [1.29, 1.82) is 0 Å². The van der Waals surface area contributed by atoms with Crippen LogP contribution in [-0.2, 0) is 14.3 Å². The molecule has 148 valence electrons. The topological polar surface area (TPSA) is 97.0 Å². The van der Waals surface area contributed by atoms with Crippen molar-refractivity contribution in [3.8, 4) is 18.1 Å². The van der Waals surface area contributed by atoms with E-state index < -0.39 is 17.8 Å². The quantitative estimate of drug-likeness (QED) is 0.574. The molecule has 0 aliphatic carbocycles. The number of amides is 3. The van der Waals surface area contributed by atoms with E-state index >= 15 is 0 Å². The highest BCUT2D eigenvalue weighted by Gasteiger charge is 2.27. The first-order valence-electron chi connectivity index (χ1n) is 8.55. The molecule has 1 aliphatic heterocycles. The zero-order chi connectivity index (χ0) is 20.7. The fourth-order valence-corrected chi connectivity index (χ4v) is 2.43. The molecule has 2 N–H and O–H groups in total. The first-order valence-corrected chi connectivity index (χ1v) is 8.55. The van der Waals surface area contributed by atoms with Crippen LogP contribution >= 0.6 is 0 Å². The fraction of sp³-hybridized carbons (Fsp3) is 0.316.